The van der Waals surface area contributed by atoms with Crippen LogP contribution in [0.4, 0.5) is 14.5 Å². The molecular formula is C24H22F2N2O4. The number of carbonyl (C=O) groups is 1. The topological polar surface area (TPSA) is 82.0 Å². The lowest BCUT2D eigenvalue weighted by Crippen LogP contribution is -2.33. The van der Waals surface area contributed by atoms with Gasteiger partial charge in [-0.05, 0) is 53.5 Å². The summed E-state index contributed by atoms with van der Waals surface area (Å²) in [6.07, 6.45) is 3.41. The van der Waals surface area contributed by atoms with Gasteiger partial charge < -0.3 is 20.3 Å². The molecule has 2 aromatic rings. The molecule has 2 atom stereocenters. The summed E-state index contributed by atoms with van der Waals surface area (Å²) in [4.78, 5) is 13.4. The molecular weight excluding hydrogens is 418 g/mol. The number of β-amino-alcohol motifs (C(OH)–C–C–N with tert-alkyl or cyclic N) is 2. The SMILES string of the molecule is O=C1CCc2cc([C@@H](O)CN3CC4=CC(Oc5cc(F)ccc5F)=C[C@@]4(O)C3)ccc2N1. The predicted molar refractivity (Wildman–Crippen MR) is 113 cm³/mol. The van der Waals surface area contributed by atoms with Crippen LogP contribution in [0.25, 0.3) is 0 Å². The second kappa shape index (κ2) is 7.81. The fourth-order valence-corrected chi connectivity index (χ4v) is 4.46. The van der Waals surface area contributed by atoms with Crippen molar-refractivity contribution in [2.24, 2.45) is 0 Å². The van der Waals surface area contributed by atoms with E-state index >= 15 is 0 Å². The Morgan fingerprint density at radius 3 is 2.84 bits per heavy atom. The van der Waals surface area contributed by atoms with Crippen LogP contribution >= 0.6 is 0 Å². The number of halogens is 2. The summed E-state index contributed by atoms with van der Waals surface area (Å²) in [7, 11) is 0. The number of aliphatic hydroxyl groups excluding tert-OH is 1. The van der Waals surface area contributed by atoms with E-state index in [1.165, 1.54) is 6.08 Å². The number of aliphatic hydroxyl groups is 2. The highest BCUT2D eigenvalue weighted by molar-refractivity contribution is 5.93. The van der Waals surface area contributed by atoms with Crippen LogP contribution in [0.3, 0.4) is 0 Å². The zero-order chi connectivity index (χ0) is 22.5. The molecule has 0 spiro atoms. The monoisotopic (exact) mass is 440 g/mol. The molecule has 5 rings (SSSR count). The van der Waals surface area contributed by atoms with Gasteiger partial charge in [-0.2, -0.15) is 0 Å². The van der Waals surface area contributed by atoms with Crippen molar-refractivity contribution in [1.29, 1.82) is 0 Å². The zero-order valence-corrected chi connectivity index (χ0v) is 17.1. The minimum absolute atomic E-state index is 0.00698. The van der Waals surface area contributed by atoms with Gasteiger partial charge in [0.15, 0.2) is 11.6 Å². The number of hydrogen-bond donors (Lipinski definition) is 3. The molecule has 8 heteroatoms. The second-order valence-electron chi connectivity index (χ2n) is 8.47. The Morgan fingerprint density at radius 2 is 2.03 bits per heavy atom. The highest BCUT2D eigenvalue weighted by Crippen LogP contribution is 2.37. The predicted octanol–water partition coefficient (Wildman–Crippen LogP) is 2.83. The van der Waals surface area contributed by atoms with Crippen LogP contribution in [0.1, 0.15) is 23.7 Å². The summed E-state index contributed by atoms with van der Waals surface area (Å²) >= 11 is 0. The van der Waals surface area contributed by atoms with Crippen molar-refractivity contribution in [3.05, 3.63) is 82.6 Å². The van der Waals surface area contributed by atoms with E-state index in [9.17, 15) is 23.8 Å². The molecule has 1 fully saturated rings. The second-order valence-corrected chi connectivity index (χ2v) is 8.47. The Morgan fingerprint density at radius 1 is 1.19 bits per heavy atom. The van der Waals surface area contributed by atoms with Crippen LogP contribution in [0.2, 0.25) is 0 Å². The molecule has 32 heavy (non-hydrogen) atoms. The normalized spacial score (nSPS) is 23.2. The van der Waals surface area contributed by atoms with Crippen molar-refractivity contribution in [3.63, 3.8) is 0 Å². The van der Waals surface area contributed by atoms with Gasteiger partial charge >= 0.3 is 0 Å². The first-order valence-electron chi connectivity index (χ1n) is 10.4. The molecule has 2 aliphatic heterocycles. The maximum Gasteiger partial charge on any atom is 0.224 e. The summed E-state index contributed by atoms with van der Waals surface area (Å²) in [6, 6.07) is 8.45. The Labute approximate surface area is 183 Å². The average Bonchev–Trinajstić information content (AvgIpc) is 3.20. The van der Waals surface area contributed by atoms with Gasteiger partial charge in [-0.1, -0.05) is 12.1 Å². The lowest BCUT2D eigenvalue weighted by Gasteiger charge is -2.23. The quantitative estimate of drug-likeness (QED) is 0.666. The summed E-state index contributed by atoms with van der Waals surface area (Å²) in [6.45, 7) is 0.965. The van der Waals surface area contributed by atoms with E-state index in [2.05, 4.69) is 5.32 Å². The van der Waals surface area contributed by atoms with Gasteiger partial charge in [-0.25, -0.2) is 8.78 Å². The number of ether oxygens (including phenoxy) is 1. The maximum absolute atomic E-state index is 13.8. The molecule has 166 valence electrons. The number of anilines is 1. The van der Waals surface area contributed by atoms with Crippen molar-refractivity contribution in [2.45, 2.75) is 24.5 Å². The molecule has 0 aromatic heterocycles. The van der Waals surface area contributed by atoms with E-state index < -0.39 is 23.3 Å². The molecule has 1 amide bonds. The minimum Gasteiger partial charge on any atom is -0.454 e. The molecule has 3 N–H and O–H groups in total. The number of allylic oxidation sites excluding steroid dienone is 1. The Kier molecular flexibility index (Phi) is 5.08. The zero-order valence-electron chi connectivity index (χ0n) is 17.1. The van der Waals surface area contributed by atoms with E-state index in [0.29, 0.717) is 31.5 Å². The molecule has 3 aliphatic rings. The number of fused-ring (bicyclic) bond motifs is 2. The van der Waals surface area contributed by atoms with Crippen LogP contribution in [-0.2, 0) is 11.2 Å². The third-order valence-corrected chi connectivity index (χ3v) is 6.07. The molecule has 1 saturated heterocycles. The van der Waals surface area contributed by atoms with Crippen molar-refractivity contribution >= 4 is 11.6 Å². The number of aryl methyl sites for hydroxylation is 1. The summed E-state index contributed by atoms with van der Waals surface area (Å²) in [5.41, 5.74) is 1.91. The van der Waals surface area contributed by atoms with E-state index in [-0.39, 0.29) is 24.0 Å². The molecule has 1 aliphatic carbocycles. The first-order valence-corrected chi connectivity index (χ1v) is 10.4. The van der Waals surface area contributed by atoms with Gasteiger partial charge in [-0.15, -0.1) is 0 Å². The first kappa shape index (κ1) is 20.8. The molecule has 0 saturated carbocycles. The third kappa shape index (κ3) is 3.92. The van der Waals surface area contributed by atoms with Crippen LogP contribution in [0, 0.1) is 11.6 Å². The van der Waals surface area contributed by atoms with Gasteiger partial charge in [0.25, 0.3) is 0 Å². The fourth-order valence-electron chi connectivity index (χ4n) is 4.46. The minimum atomic E-state index is -1.28. The third-order valence-electron chi connectivity index (χ3n) is 6.07. The lowest BCUT2D eigenvalue weighted by molar-refractivity contribution is -0.116. The Balaban J connectivity index is 1.24. The van der Waals surface area contributed by atoms with Gasteiger partial charge in [-0.3, -0.25) is 9.69 Å². The number of hydrogen-bond acceptors (Lipinski definition) is 5. The van der Waals surface area contributed by atoms with Gasteiger partial charge in [0, 0.05) is 37.8 Å². The Hall–Kier alpha value is -3.07. The number of rotatable bonds is 5. The number of amides is 1. The van der Waals surface area contributed by atoms with Crippen LogP contribution in [0.15, 0.2) is 59.9 Å². The largest absolute Gasteiger partial charge is 0.454 e. The number of likely N-dealkylation sites (tertiary alicyclic amines) is 1. The smallest absolute Gasteiger partial charge is 0.224 e. The number of nitrogens with one attached hydrogen (secondary N) is 1. The van der Waals surface area contributed by atoms with E-state index in [4.69, 9.17) is 4.74 Å². The Bertz CT molecular complexity index is 1160. The summed E-state index contributed by atoms with van der Waals surface area (Å²) in [5.74, 6) is -1.30. The maximum atomic E-state index is 13.8. The summed E-state index contributed by atoms with van der Waals surface area (Å²) < 4.78 is 32.7. The number of carbonyl (C=O) groups excluding carboxylic acids is 1. The summed E-state index contributed by atoms with van der Waals surface area (Å²) in [5, 5.41) is 24.5. The lowest BCUT2D eigenvalue weighted by atomic mass is 9.98. The average molecular weight is 440 g/mol. The molecule has 0 unspecified atom stereocenters. The van der Waals surface area contributed by atoms with E-state index in [1.54, 1.807) is 18.2 Å². The highest BCUT2D eigenvalue weighted by Gasteiger charge is 2.43. The van der Waals surface area contributed by atoms with E-state index in [1.807, 2.05) is 11.0 Å². The highest BCUT2D eigenvalue weighted by atomic mass is 19.1. The molecule has 2 heterocycles. The molecule has 0 bridgehead atoms. The van der Waals surface area contributed by atoms with Gasteiger partial charge in [0.1, 0.15) is 17.2 Å². The van der Waals surface area contributed by atoms with Crippen LogP contribution in [0.5, 0.6) is 5.75 Å². The molecule has 2 aromatic carbocycles. The molecule has 0 radical (unpaired) electrons. The van der Waals surface area contributed by atoms with Crippen LogP contribution in [-0.4, -0.2) is 46.3 Å². The fraction of sp³-hybridized carbons (Fsp3) is 0.292. The standard InChI is InChI=1S/C24H22F2N2O4/c25-17-3-4-19(26)22(9-17)32-18-8-16-11-28(13-24(16,31)10-18)12-21(29)15-1-5-20-14(7-15)2-6-23(30)27-20/h1,3-5,7-10,21,29,31H,2,6,11-13H2,(H,27,30)/t21-,24+/m0/s1. The number of nitrogens with zero attached hydrogens (tertiary/aromatic N) is 1. The van der Waals surface area contributed by atoms with Crippen LogP contribution < -0.4 is 10.1 Å². The van der Waals surface area contributed by atoms with E-state index in [0.717, 1.165) is 35.0 Å². The number of benzene rings is 2. The van der Waals surface area contributed by atoms with Crippen molar-refractivity contribution in [2.75, 3.05) is 25.0 Å². The van der Waals surface area contributed by atoms with Crippen molar-refractivity contribution < 1.29 is 28.5 Å². The van der Waals surface area contributed by atoms with Crippen molar-refractivity contribution in [3.8, 4) is 5.75 Å². The van der Waals surface area contributed by atoms with Gasteiger partial charge in [0.2, 0.25) is 5.91 Å². The molecule has 6 nitrogen and oxygen atoms in total. The first-order chi connectivity index (χ1) is 15.3. The van der Waals surface area contributed by atoms with Gasteiger partial charge in [0.05, 0.1) is 6.10 Å². The van der Waals surface area contributed by atoms with Crippen molar-refractivity contribution in [1.82, 2.24) is 4.90 Å².